The maximum Gasteiger partial charge on any atom is 0.156 e. The number of benzene rings is 1. The molecule has 0 bridgehead atoms. The number of carbonyl (C=O) groups is 1. The molecule has 0 spiro atoms. The Hall–Kier alpha value is -2.00. The van der Waals surface area contributed by atoms with Gasteiger partial charge in [-0.25, -0.2) is 0 Å². The van der Waals surface area contributed by atoms with Crippen molar-refractivity contribution < 1.29 is 9.53 Å². The first-order valence-electron chi connectivity index (χ1n) is 10.1. The molecule has 2 rings (SSSR count). The number of hydrogen-bond acceptors (Lipinski definition) is 3. The summed E-state index contributed by atoms with van der Waals surface area (Å²) in [6.45, 7) is 8.29. The number of ether oxygens (including phenoxy) is 1. The van der Waals surface area contributed by atoms with Crippen molar-refractivity contribution in [1.82, 2.24) is 0 Å². The molecule has 0 radical (unpaired) electrons. The first-order chi connectivity index (χ1) is 13.6. The van der Waals surface area contributed by atoms with Gasteiger partial charge in [0.25, 0.3) is 0 Å². The van der Waals surface area contributed by atoms with Gasteiger partial charge in [-0.2, -0.15) is 0 Å². The van der Waals surface area contributed by atoms with E-state index in [1.807, 2.05) is 13.0 Å². The third-order valence-electron chi connectivity index (χ3n) is 5.05. The molecule has 0 atom stereocenters. The van der Waals surface area contributed by atoms with E-state index >= 15 is 0 Å². The quantitative estimate of drug-likeness (QED) is 0.275. The highest BCUT2D eigenvalue weighted by Gasteiger charge is 2.12. The molecular weight excluding hydrogens is 364 g/mol. The van der Waals surface area contributed by atoms with Gasteiger partial charge in [0.15, 0.2) is 6.29 Å². The topological polar surface area (TPSA) is 26.3 Å². The van der Waals surface area contributed by atoms with Crippen LogP contribution in [0.2, 0.25) is 0 Å². The Bertz CT molecular complexity index is 784. The molecule has 2 nitrogen and oxygen atoms in total. The monoisotopic (exact) mass is 396 g/mol. The summed E-state index contributed by atoms with van der Waals surface area (Å²) in [5.41, 5.74) is 5.28. The molecular formula is C25H32O2S. The first kappa shape index (κ1) is 22.3. The summed E-state index contributed by atoms with van der Waals surface area (Å²) < 4.78 is 5.53. The molecule has 0 unspecified atom stereocenters. The lowest BCUT2D eigenvalue weighted by Crippen LogP contribution is -1.97. The maximum absolute atomic E-state index is 11.1. The van der Waals surface area contributed by atoms with Crippen LogP contribution in [-0.2, 0) is 11.2 Å². The molecule has 0 fully saturated rings. The molecule has 0 saturated carbocycles. The van der Waals surface area contributed by atoms with Crippen LogP contribution in [0.1, 0.15) is 63.5 Å². The Morgan fingerprint density at radius 2 is 1.96 bits per heavy atom. The van der Waals surface area contributed by atoms with E-state index in [0.717, 1.165) is 48.2 Å². The van der Waals surface area contributed by atoms with Crippen molar-refractivity contribution in [3.63, 3.8) is 0 Å². The first-order valence-corrected chi connectivity index (χ1v) is 10.9. The minimum Gasteiger partial charge on any atom is -0.496 e. The third kappa shape index (κ3) is 6.87. The van der Waals surface area contributed by atoms with E-state index in [-0.39, 0.29) is 0 Å². The van der Waals surface area contributed by atoms with Crippen molar-refractivity contribution in [1.29, 1.82) is 0 Å². The van der Waals surface area contributed by atoms with Gasteiger partial charge in [-0.1, -0.05) is 53.8 Å². The summed E-state index contributed by atoms with van der Waals surface area (Å²) in [5, 5.41) is 0. The SMILES string of the molecule is C=C(S/C(C=O)=C\C)c1cc(CC2=CCC/C=C(/C)CCCC2)ccc1OC. The van der Waals surface area contributed by atoms with Crippen molar-refractivity contribution in [2.75, 3.05) is 7.11 Å². The van der Waals surface area contributed by atoms with Crippen LogP contribution in [0, 0.1) is 0 Å². The van der Waals surface area contributed by atoms with Gasteiger partial charge in [-0.15, -0.1) is 0 Å². The Morgan fingerprint density at radius 3 is 2.68 bits per heavy atom. The minimum absolute atomic E-state index is 0.663. The Balaban J connectivity index is 2.19. The molecule has 28 heavy (non-hydrogen) atoms. The molecule has 3 heteroatoms. The van der Waals surface area contributed by atoms with E-state index in [0.29, 0.717) is 4.91 Å². The van der Waals surface area contributed by atoms with E-state index in [2.05, 4.69) is 37.8 Å². The summed E-state index contributed by atoms with van der Waals surface area (Å²) in [6.07, 6.45) is 15.6. The maximum atomic E-state index is 11.1. The van der Waals surface area contributed by atoms with Crippen LogP contribution in [0.5, 0.6) is 5.75 Å². The fourth-order valence-electron chi connectivity index (χ4n) is 3.43. The van der Waals surface area contributed by atoms with Gasteiger partial charge in [0, 0.05) is 15.4 Å². The predicted octanol–water partition coefficient (Wildman–Crippen LogP) is 7.27. The number of methoxy groups -OCH3 is 1. The van der Waals surface area contributed by atoms with E-state index in [1.165, 1.54) is 47.7 Å². The van der Waals surface area contributed by atoms with Gasteiger partial charge in [0.1, 0.15) is 5.75 Å². The number of allylic oxidation sites excluding steroid dienone is 6. The Morgan fingerprint density at radius 1 is 1.21 bits per heavy atom. The number of rotatable bonds is 7. The lowest BCUT2D eigenvalue weighted by atomic mass is 9.95. The van der Waals surface area contributed by atoms with Gasteiger partial charge in [-0.3, -0.25) is 4.79 Å². The molecule has 1 aromatic carbocycles. The van der Waals surface area contributed by atoms with Crippen LogP contribution in [0.4, 0.5) is 0 Å². The van der Waals surface area contributed by atoms with Crippen molar-refractivity contribution in [3.05, 3.63) is 70.2 Å². The molecule has 150 valence electrons. The summed E-state index contributed by atoms with van der Waals surface area (Å²) in [6, 6.07) is 6.32. The van der Waals surface area contributed by atoms with Gasteiger partial charge in [-0.05, 0) is 76.5 Å². The van der Waals surface area contributed by atoms with Crippen molar-refractivity contribution in [3.8, 4) is 5.75 Å². The minimum atomic E-state index is 0.663. The second-order valence-corrected chi connectivity index (χ2v) is 8.41. The van der Waals surface area contributed by atoms with Crippen molar-refractivity contribution in [2.24, 2.45) is 0 Å². The molecule has 1 aliphatic rings. The second-order valence-electron chi connectivity index (χ2n) is 7.24. The highest BCUT2D eigenvalue weighted by molar-refractivity contribution is 8.12. The number of carbonyl (C=O) groups excluding carboxylic acids is 1. The molecule has 0 heterocycles. The van der Waals surface area contributed by atoms with Gasteiger partial charge in [0.2, 0.25) is 0 Å². The zero-order valence-corrected chi connectivity index (χ0v) is 18.2. The van der Waals surface area contributed by atoms with Crippen LogP contribution in [0.15, 0.2) is 59.1 Å². The summed E-state index contributed by atoms with van der Waals surface area (Å²) in [4.78, 5) is 12.6. The normalized spacial score (nSPS) is 17.9. The smallest absolute Gasteiger partial charge is 0.156 e. The molecule has 0 aromatic heterocycles. The lowest BCUT2D eigenvalue weighted by molar-refractivity contribution is -0.104. The molecule has 0 amide bonds. The fraction of sp³-hybridized carbons (Fsp3) is 0.400. The Kier molecular flexibility index (Phi) is 9.36. The summed E-state index contributed by atoms with van der Waals surface area (Å²) in [7, 11) is 1.67. The molecule has 1 aliphatic carbocycles. The molecule has 1 aromatic rings. The standard InChI is InChI=1S/C25H32O2S/c1-5-23(18-26)28-20(3)24-17-22(14-15-25(24)27-4)16-21-12-8-6-10-19(2)11-7-9-13-21/h5,10,12,14-15,17-18H,3,6-9,11,13,16H2,1-2,4H3/b19-10-,21-12?,23-5-. The third-order valence-corrected chi connectivity index (χ3v) is 6.08. The lowest BCUT2D eigenvalue weighted by Gasteiger charge is -2.15. The Labute approximate surface area is 174 Å². The van der Waals surface area contributed by atoms with Crippen LogP contribution in [0.3, 0.4) is 0 Å². The zero-order valence-electron chi connectivity index (χ0n) is 17.4. The van der Waals surface area contributed by atoms with Crippen molar-refractivity contribution in [2.45, 2.75) is 58.8 Å². The van der Waals surface area contributed by atoms with E-state index in [1.54, 1.807) is 13.2 Å². The van der Waals surface area contributed by atoms with Gasteiger partial charge >= 0.3 is 0 Å². The highest BCUT2D eigenvalue weighted by Crippen LogP contribution is 2.37. The van der Waals surface area contributed by atoms with Crippen LogP contribution in [-0.4, -0.2) is 13.4 Å². The molecule has 0 N–H and O–H groups in total. The number of aldehydes is 1. The van der Waals surface area contributed by atoms with Crippen LogP contribution in [0.25, 0.3) is 4.91 Å². The summed E-state index contributed by atoms with van der Waals surface area (Å²) in [5.74, 6) is 0.795. The predicted molar refractivity (Wildman–Crippen MR) is 123 cm³/mol. The van der Waals surface area contributed by atoms with Crippen LogP contribution < -0.4 is 4.74 Å². The largest absolute Gasteiger partial charge is 0.496 e. The van der Waals surface area contributed by atoms with Crippen LogP contribution >= 0.6 is 11.8 Å². The van der Waals surface area contributed by atoms with E-state index in [4.69, 9.17) is 4.74 Å². The molecule has 0 aliphatic heterocycles. The van der Waals surface area contributed by atoms with Gasteiger partial charge < -0.3 is 4.74 Å². The van der Waals surface area contributed by atoms with E-state index in [9.17, 15) is 4.79 Å². The second kappa shape index (κ2) is 11.8. The average Bonchev–Trinajstić information content (AvgIpc) is 2.71. The summed E-state index contributed by atoms with van der Waals surface area (Å²) >= 11 is 1.39. The highest BCUT2D eigenvalue weighted by atomic mass is 32.2. The average molecular weight is 397 g/mol. The molecule has 0 saturated heterocycles. The number of thioether (sulfide) groups is 1. The zero-order chi connectivity index (χ0) is 20.4. The van der Waals surface area contributed by atoms with E-state index < -0.39 is 0 Å². The van der Waals surface area contributed by atoms with Crippen molar-refractivity contribution >= 4 is 23.0 Å². The number of hydrogen-bond donors (Lipinski definition) is 0. The van der Waals surface area contributed by atoms with Gasteiger partial charge in [0.05, 0.1) is 7.11 Å². The fourth-order valence-corrected chi connectivity index (χ4v) is 4.15.